The highest BCUT2D eigenvalue weighted by Gasteiger charge is 2.29. The van der Waals surface area contributed by atoms with Crippen molar-refractivity contribution < 1.29 is 9.90 Å². The van der Waals surface area contributed by atoms with Crippen LogP contribution < -0.4 is 0 Å². The van der Waals surface area contributed by atoms with Crippen molar-refractivity contribution in [1.82, 2.24) is 20.2 Å². The van der Waals surface area contributed by atoms with Crippen molar-refractivity contribution in [2.24, 2.45) is 5.41 Å². The number of hydrogen-bond acceptors (Lipinski definition) is 4. The molecule has 0 aliphatic rings. The van der Waals surface area contributed by atoms with Gasteiger partial charge in [0, 0.05) is 5.56 Å². The molecule has 6 heteroatoms. The molecule has 0 bridgehead atoms. The van der Waals surface area contributed by atoms with Crippen LogP contribution in [0.25, 0.3) is 11.4 Å². The molecule has 2 rings (SSSR count). The number of rotatable bonds is 5. The van der Waals surface area contributed by atoms with Gasteiger partial charge in [-0.15, -0.1) is 5.10 Å². The average molecular weight is 288 g/mol. The molecule has 0 spiro atoms. The lowest BCUT2D eigenvalue weighted by Gasteiger charge is -2.19. The third kappa shape index (κ3) is 3.26. The minimum Gasteiger partial charge on any atom is -0.481 e. The largest absolute Gasteiger partial charge is 0.481 e. The lowest BCUT2D eigenvalue weighted by Crippen LogP contribution is -2.30. The molecule has 0 saturated carbocycles. The number of tetrazole rings is 1. The fourth-order valence-corrected chi connectivity index (χ4v) is 1.98. The molecule has 2 aromatic rings. The summed E-state index contributed by atoms with van der Waals surface area (Å²) in [6.07, 6.45) is 0. The molecule has 0 fully saturated rings. The summed E-state index contributed by atoms with van der Waals surface area (Å²) in [5, 5.41) is 20.8. The molecule has 0 radical (unpaired) electrons. The summed E-state index contributed by atoms with van der Waals surface area (Å²) < 4.78 is 1.54. The molecule has 0 amide bonds. The van der Waals surface area contributed by atoms with Gasteiger partial charge in [-0.2, -0.15) is 0 Å². The van der Waals surface area contributed by atoms with Gasteiger partial charge in [-0.25, -0.2) is 4.68 Å². The summed E-state index contributed by atoms with van der Waals surface area (Å²) in [6, 6.07) is 8.01. The number of carbonyl (C=O) groups is 1. The van der Waals surface area contributed by atoms with Crippen LogP contribution in [0.15, 0.2) is 24.3 Å². The van der Waals surface area contributed by atoms with Crippen LogP contribution in [0.3, 0.4) is 0 Å². The van der Waals surface area contributed by atoms with Gasteiger partial charge in [0.05, 0.1) is 12.0 Å². The first-order valence-electron chi connectivity index (χ1n) is 6.91. The van der Waals surface area contributed by atoms with Gasteiger partial charge in [0.15, 0.2) is 5.82 Å². The number of aromatic nitrogens is 4. The highest BCUT2D eigenvalue weighted by Crippen LogP contribution is 2.24. The average Bonchev–Trinajstić information content (AvgIpc) is 2.86. The van der Waals surface area contributed by atoms with Gasteiger partial charge >= 0.3 is 5.97 Å². The molecule has 0 aliphatic carbocycles. The summed E-state index contributed by atoms with van der Waals surface area (Å²) >= 11 is 0. The second-order valence-corrected chi connectivity index (χ2v) is 6.13. The van der Waals surface area contributed by atoms with Gasteiger partial charge in [-0.3, -0.25) is 4.79 Å². The molecule has 21 heavy (non-hydrogen) atoms. The molecular weight excluding hydrogens is 268 g/mol. The third-order valence-electron chi connectivity index (χ3n) is 3.49. The summed E-state index contributed by atoms with van der Waals surface area (Å²) in [7, 11) is 0. The van der Waals surface area contributed by atoms with Gasteiger partial charge in [-0.1, -0.05) is 38.1 Å². The van der Waals surface area contributed by atoms with Crippen LogP contribution in [0, 0.1) is 5.41 Å². The molecule has 0 unspecified atom stereocenters. The summed E-state index contributed by atoms with van der Waals surface area (Å²) in [5.74, 6) is 0.166. The van der Waals surface area contributed by atoms with Gasteiger partial charge in [0.25, 0.3) is 0 Å². The summed E-state index contributed by atoms with van der Waals surface area (Å²) in [6.45, 7) is 7.80. The number of aliphatic carboxylic acids is 1. The van der Waals surface area contributed by atoms with Crippen LogP contribution in [0.5, 0.6) is 0 Å². The van der Waals surface area contributed by atoms with Crippen molar-refractivity contribution >= 4 is 5.97 Å². The molecule has 6 nitrogen and oxygen atoms in total. The fourth-order valence-electron chi connectivity index (χ4n) is 1.98. The summed E-state index contributed by atoms with van der Waals surface area (Å²) in [5.41, 5.74) is 1.19. The van der Waals surface area contributed by atoms with E-state index in [-0.39, 0.29) is 6.54 Å². The minimum absolute atomic E-state index is 0.219. The minimum atomic E-state index is -0.929. The van der Waals surface area contributed by atoms with Crippen molar-refractivity contribution in [1.29, 1.82) is 0 Å². The van der Waals surface area contributed by atoms with E-state index in [1.807, 2.05) is 24.3 Å². The Balaban J connectivity index is 2.30. The van der Waals surface area contributed by atoms with Crippen molar-refractivity contribution in [3.05, 3.63) is 29.8 Å². The normalized spacial score (nSPS) is 11.9. The van der Waals surface area contributed by atoms with Crippen molar-refractivity contribution in [2.75, 3.05) is 0 Å². The van der Waals surface area contributed by atoms with Crippen LogP contribution in [-0.4, -0.2) is 31.3 Å². The maximum atomic E-state index is 11.2. The first-order valence-corrected chi connectivity index (χ1v) is 6.91. The maximum Gasteiger partial charge on any atom is 0.310 e. The molecule has 0 aliphatic heterocycles. The van der Waals surface area contributed by atoms with E-state index >= 15 is 0 Å². The Bertz CT molecular complexity index is 629. The molecule has 1 aromatic carbocycles. The van der Waals surface area contributed by atoms with E-state index < -0.39 is 11.4 Å². The number of benzene rings is 1. The Hall–Kier alpha value is -2.24. The lowest BCUT2D eigenvalue weighted by atomic mass is 9.94. The SMILES string of the molecule is CC(C)c1ccc(-c2nnnn2CC(C)(C)C(=O)O)cc1. The first kappa shape index (κ1) is 15.2. The lowest BCUT2D eigenvalue weighted by molar-refractivity contribution is -0.147. The highest BCUT2D eigenvalue weighted by atomic mass is 16.4. The molecule has 0 saturated heterocycles. The zero-order valence-electron chi connectivity index (χ0n) is 12.7. The van der Waals surface area contributed by atoms with Crippen LogP contribution >= 0.6 is 0 Å². The second-order valence-electron chi connectivity index (χ2n) is 6.13. The first-order chi connectivity index (χ1) is 9.81. The third-order valence-corrected chi connectivity index (χ3v) is 3.49. The van der Waals surface area contributed by atoms with E-state index in [2.05, 4.69) is 29.4 Å². The van der Waals surface area contributed by atoms with Crippen LogP contribution in [0.4, 0.5) is 0 Å². The predicted molar refractivity (Wildman–Crippen MR) is 78.8 cm³/mol. The second kappa shape index (κ2) is 5.63. The zero-order chi connectivity index (χ0) is 15.6. The topological polar surface area (TPSA) is 80.9 Å². The maximum absolute atomic E-state index is 11.2. The standard InChI is InChI=1S/C15H20N4O2/c1-10(2)11-5-7-12(8-6-11)13-16-17-18-19(13)9-15(3,4)14(20)21/h5-8,10H,9H2,1-4H3,(H,20,21). The number of carboxylic acids is 1. The smallest absolute Gasteiger partial charge is 0.310 e. The van der Waals surface area contributed by atoms with Gasteiger partial charge < -0.3 is 5.11 Å². The Morgan fingerprint density at radius 3 is 2.43 bits per heavy atom. The van der Waals surface area contributed by atoms with Gasteiger partial charge in [-0.05, 0) is 35.8 Å². The Kier molecular flexibility index (Phi) is 4.06. The number of hydrogen-bond donors (Lipinski definition) is 1. The molecule has 1 heterocycles. The zero-order valence-corrected chi connectivity index (χ0v) is 12.7. The van der Waals surface area contributed by atoms with Crippen molar-refractivity contribution in [2.45, 2.75) is 40.2 Å². The molecule has 1 aromatic heterocycles. The van der Waals surface area contributed by atoms with E-state index in [9.17, 15) is 9.90 Å². The summed E-state index contributed by atoms with van der Waals surface area (Å²) in [4.78, 5) is 11.2. The van der Waals surface area contributed by atoms with E-state index in [0.29, 0.717) is 11.7 Å². The van der Waals surface area contributed by atoms with Crippen LogP contribution in [0.1, 0.15) is 39.2 Å². The highest BCUT2D eigenvalue weighted by molar-refractivity contribution is 5.73. The Morgan fingerprint density at radius 1 is 1.29 bits per heavy atom. The monoisotopic (exact) mass is 288 g/mol. The van der Waals surface area contributed by atoms with E-state index in [1.54, 1.807) is 18.5 Å². The van der Waals surface area contributed by atoms with Gasteiger partial charge in [0.1, 0.15) is 0 Å². The fraction of sp³-hybridized carbons (Fsp3) is 0.467. The molecular formula is C15H20N4O2. The van der Waals surface area contributed by atoms with E-state index in [1.165, 1.54) is 5.56 Å². The van der Waals surface area contributed by atoms with Crippen LogP contribution in [-0.2, 0) is 11.3 Å². The van der Waals surface area contributed by atoms with E-state index in [4.69, 9.17) is 0 Å². The Labute approximate surface area is 123 Å². The molecule has 112 valence electrons. The molecule has 0 atom stereocenters. The molecule has 1 N–H and O–H groups in total. The van der Waals surface area contributed by atoms with Crippen LogP contribution in [0.2, 0.25) is 0 Å². The van der Waals surface area contributed by atoms with E-state index in [0.717, 1.165) is 5.56 Å². The predicted octanol–water partition coefficient (Wildman–Crippen LogP) is 2.57. The quantitative estimate of drug-likeness (QED) is 0.914. The number of nitrogens with zero attached hydrogens (tertiary/aromatic N) is 4. The van der Waals surface area contributed by atoms with Crippen molar-refractivity contribution in [3.8, 4) is 11.4 Å². The van der Waals surface area contributed by atoms with Crippen molar-refractivity contribution in [3.63, 3.8) is 0 Å². The number of carboxylic acid groups (broad SMARTS) is 1. The van der Waals surface area contributed by atoms with Gasteiger partial charge in [0.2, 0.25) is 0 Å². The Morgan fingerprint density at radius 2 is 1.90 bits per heavy atom.